The summed E-state index contributed by atoms with van der Waals surface area (Å²) in [5.74, 6) is -0.300. The second-order valence-electron chi connectivity index (χ2n) is 7.95. The lowest BCUT2D eigenvalue weighted by atomic mass is 9.95. The maximum atomic E-state index is 12.6. The molecule has 0 spiro atoms. The van der Waals surface area contributed by atoms with Crippen molar-refractivity contribution in [2.75, 3.05) is 23.3 Å². The van der Waals surface area contributed by atoms with E-state index in [1.54, 1.807) is 0 Å². The summed E-state index contributed by atoms with van der Waals surface area (Å²) in [5.41, 5.74) is 3.07. The summed E-state index contributed by atoms with van der Waals surface area (Å²) in [6.45, 7) is 8.21. The van der Waals surface area contributed by atoms with E-state index in [1.807, 2.05) is 13.0 Å². The van der Waals surface area contributed by atoms with Crippen molar-refractivity contribution in [2.45, 2.75) is 65.3 Å². The predicted molar refractivity (Wildman–Crippen MR) is 110 cm³/mol. The van der Waals surface area contributed by atoms with Crippen LogP contribution in [-0.2, 0) is 9.59 Å². The molecule has 0 saturated heterocycles. The zero-order valence-corrected chi connectivity index (χ0v) is 16.9. The predicted octanol–water partition coefficient (Wildman–Crippen LogP) is 3.86. The van der Waals surface area contributed by atoms with Crippen LogP contribution in [0.4, 0.5) is 11.4 Å². The molecular formula is C22H33N3O2. The Morgan fingerprint density at radius 3 is 2.33 bits per heavy atom. The molecule has 2 amide bonds. The molecule has 0 radical (unpaired) electrons. The van der Waals surface area contributed by atoms with Gasteiger partial charge in [0.1, 0.15) is 0 Å². The van der Waals surface area contributed by atoms with E-state index in [-0.39, 0.29) is 23.7 Å². The van der Waals surface area contributed by atoms with Crippen LogP contribution in [0.2, 0.25) is 0 Å². The van der Waals surface area contributed by atoms with E-state index in [4.69, 9.17) is 0 Å². The largest absolute Gasteiger partial charge is 0.372 e. The number of nitrogens with zero attached hydrogens (tertiary/aromatic N) is 1. The smallest absolute Gasteiger partial charge is 0.228 e. The molecule has 0 bridgehead atoms. The molecule has 2 aliphatic rings. The van der Waals surface area contributed by atoms with Crippen molar-refractivity contribution in [3.8, 4) is 0 Å². The summed E-state index contributed by atoms with van der Waals surface area (Å²) < 4.78 is 0. The third kappa shape index (κ3) is 4.82. The molecule has 1 aromatic rings. The van der Waals surface area contributed by atoms with Gasteiger partial charge in [-0.05, 0) is 63.8 Å². The first-order valence-electron chi connectivity index (χ1n) is 10.5. The van der Waals surface area contributed by atoms with Crippen LogP contribution < -0.4 is 15.5 Å². The first-order chi connectivity index (χ1) is 13.0. The molecule has 2 atom stereocenters. The molecular weight excluding hydrogens is 338 g/mol. The molecule has 2 fully saturated rings. The molecule has 5 nitrogen and oxygen atoms in total. The summed E-state index contributed by atoms with van der Waals surface area (Å²) in [7, 11) is 0. The zero-order chi connectivity index (χ0) is 19.4. The minimum atomic E-state index is -0.185. The Labute approximate surface area is 162 Å². The van der Waals surface area contributed by atoms with Crippen LogP contribution in [0, 0.1) is 18.8 Å². The third-order valence-electron chi connectivity index (χ3n) is 6.01. The lowest BCUT2D eigenvalue weighted by Gasteiger charge is -2.23. The Morgan fingerprint density at radius 1 is 1.04 bits per heavy atom. The van der Waals surface area contributed by atoms with E-state index in [0.29, 0.717) is 12.5 Å². The first kappa shape index (κ1) is 19.7. The maximum Gasteiger partial charge on any atom is 0.228 e. The monoisotopic (exact) mass is 371 g/mol. The highest BCUT2D eigenvalue weighted by Gasteiger charge is 2.48. The van der Waals surface area contributed by atoms with Crippen molar-refractivity contribution < 1.29 is 9.59 Å². The van der Waals surface area contributed by atoms with E-state index in [1.165, 1.54) is 24.9 Å². The molecule has 2 aliphatic carbocycles. The van der Waals surface area contributed by atoms with Crippen molar-refractivity contribution in [3.05, 3.63) is 23.8 Å². The van der Waals surface area contributed by atoms with E-state index in [2.05, 4.69) is 41.5 Å². The lowest BCUT2D eigenvalue weighted by molar-refractivity contribution is -0.126. The van der Waals surface area contributed by atoms with Crippen molar-refractivity contribution in [1.29, 1.82) is 0 Å². The Hall–Kier alpha value is -2.04. The number of anilines is 2. The van der Waals surface area contributed by atoms with Gasteiger partial charge < -0.3 is 15.5 Å². The Morgan fingerprint density at radius 2 is 1.70 bits per heavy atom. The van der Waals surface area contributed by atoms with Gasteiger partial charge in [0.2, 0.25) is 11.8 Å². The van der Waals surface area contributed by atoms with Crippen LogP contribution in [0.3, 0.4) is 0 Å². The minimum absolute atomic E-state index is 0.0301. The first-order valence-corrected chi connectivity index (χ1v) is 10.5. The minimum Gasteiger partial charge on any atom is -0.372 e. The van der Waals surface area contributed by atoms with Crippen molar-refractivity contribution in [1.82, 2.24) is 5.32 Å². The molecule has 2 unspecified atom stereocenters. The van der Waals surface area contributed by atoms with Crippen molar-refractivity contribution in [2.24, 2.45) is 11.8 Å². The Balaban J connectivity index is 1.53. The zero-order valence-electron chi connectivity index (χ0n) is 16.9. The molecule has 27 heavy (non-hydrogen) atoms. The van der Waals surface area contributed by atoms with E-state index in [0.717, 1.165) is 37.2 Å². The number of nitrogens with one attached hydrogen (secondary N) is 2. The van der Waals surface area contributed by atoms with Crippen LogP contribution in [0.25, 0.3) is 0 Å². The van der Waals surface area contributed by atoms with Gasteiger partial charge in [-0.3, -0.25) is 9.59 Å². The summed E-state index contributed by atoms with van der Waals surface area (Å²) in [4.78, 5) is 27.2. The number of hydrogen-bond acceptors (Lipinski definition) is 3. The number of amides is 2. The summed E-state index contributed by atoms with van der Waals surface area (Å²) in [6.07, 6.45) is 6.49. The topological polar surface area (TPSA) is 61.4 Å². The Kier molecular flexibility index (Phi) is 6.40. The van der Waals surface area contributed by atoms with Crippen LogP contribution >= 0.6 is 0 Å². The molecule has 1 aromatic carbocycles. The van der Waals surface area contributed by atoms with Crippen LogP contribution in [0.5, 0.6) is 0 Å². The van der Waals surface area contributed by atoms with Crippen molar-refractivity contribution in [3.63, 3.8) is 0 Å². The van der Waals surface area contributed by atoms with E-state index < -0.39 is 0 Å². The standard InChI is InChI=1S/C22H33N3O2/c1-4-25(5-2)17-11-12-20(15(3)13-17)24-22(27)19-14-18(19)21(26)23-16-9-7-6-8-10-16/h11-13,16,18-19H,4-10,14H2,1-3H3,(H,23,26)(H,24,27). The fourth-order valence-corrected chi connectivity index (χ4v) is 4.13. The van der Waals surface area contributed by atoms with Gasteiger partial charge in [0.05, 0.1) is 11.8 Å². The van der Waals surface area contributed by atoms with Gasteiger partial charge in [0.25, 0.3) is 0 Å². The molecule has 5 heteroatoms. The summed E-state index contributed by atoms with van der Waals surface area (Å²) >= 11 is 0. The second kappa shape index (κ2) is 8.77. The Bertz CT molecular complexity index is 678. The average Bonchev–Trinajstić information content (AvgIpc) is 3.47. The summed E-state index contributed by atoms with van der Waals surface area (Å²) in [6, 6.07) is 6.45. The molecule has 2 saturated carbocycles. The van der Waals surface area contributed by atoms with Crippen molar-refractivity contribution >= 4 is 23.2 Å². The molecule has 148 valence electrons. The fraction of sp³-hybridized carbons (Fsp3) is 0.636. The van der Waals surface area contributed by atoms with Crippen LogP contribution in [0.1, 0.15) is 57.9 Å². The quantitative estimate of drug-likeness (QED) is 0.765. The summed E-state index contributed by atoms with van der Waals surface area (Å²) in [5, 5.41) is 6.17. The number of carbonyl (C=O) groups excluding carboxylic acids is 2. The van der Waals surface area contributed by atoms with E-state index in [9.17, 15) is 9.59 Å². The van der Waals surface area contributed by atoms with Gasteiger partial charge in [0, 0.05) is 30.5 Å². The van der Waals surface area contributed by atoms with Gasteiger partial charge in [-0.2, -0.15) is 0 Å². The average molecular weight is 372 g/mol. The number of carbonyl (C=O) groups is 2. The highest BCUT2D eigenvalue weighted by molar-refractivity contribution is 6.00. The number of aryl methyl sites for hydroxylation is 1. The highest BCUT2D eigenvalue weighted by Crippen LogP contribution is 2.40. The maximum absolute atomic E-state index is 12.6. The van der Waals surface area contributed by atoms with Gasteiger partial charge in [-0.15, -0.1) is 0 Å². The van der Waals surface area contributed by atoms with Crippen LogP contribution in [0.15, 0.2) is 18.2 Å². The van der Waals surface area contributed by atoms with Gasteiger partial charge >= 0.3 is 0 Å². The molecule has 0 aromatic heterocycles. The number of benzene rings is 1. The molecule has 2 N–H and O–H groups in total. The molecule has 0 heterocycles. The molecule has 3 rings (SSSR count). The normalized spacial score (nSPS) is 22.2. The highest BCUT2D eigenvalue weighted by atomic mass is 16.2. The van der Waals surface area contributed by atoms with Gasteiger partial charge in [-0.1, -0.05) is 19.3 Å². The second-order valence-corrected chi connectivity index (χ2v) is 7.95. The van der Waals surface area contributed by atoms with Crippen LogP contribution in [-0.4, -0.2) is 30.9 Å². The molecule has 0 aliphatic heterocycles. The van der Waals surface area contributed by atoms with Gasteiger partial charge in [0.15, 0.2) is 0 Å². The van der Waals surface area contributed by atoms with E-state index >= 15 is 0 Å². The van der Waals surface area contributed by atoms with Gasteiger partial charge in [-0.25, -0.2) is 0 Å². The SMILES string of the molecule is CCN(CC)c1ccc(NC(=O)C2CC2C(=O)NC2CCCCC2)c(C)c1. The fourth-order valence-electron chi connectivity index (χ4n) is 4.13. The lowest BCUT2D eigenvalue weighted by Crippen LogP contribution is -2.37. The number of rotatable bonds is 7. The number of hydrogen-bond donors (Lipinski definition) is 2. The third-order valence-corrected chi connectivity index (χ3v) is 6.01.